The second-order valence-electron chi connectivity index (χ2n) is 9.53. The van der Waals surface area contributed by atoms with Crippen molar-refractivity contribution in [2.45, 2.75) is 24.8 Å². The van der Waals surface area contributed by atoms with E-state index in [0.29, 0.717) is 32.7 Å². The number of ether oxygens (including phenoxy) is 1. The molecular weight excluding hydrogens is 422 g/mol. The van der Waals surface area contributed by atoms with Gasteiger partial charge in [0.25, 0.3) is 0 Å². The second-order valence-corrected chi connectivity index (χ2v) is 9.53. The summed E-state index contributed by atoms with van der Waals surface area (Å²) >= 11 is 0. The maximum absolute atomic E-state index is 13.1. The number of benzene rings is 1. The first-order valence-electron chi connectivity index (χ1n) is 11.5. The van der Waals surface area contributed by atoms with E-state index in [9.17, 15) is 14.7 Å². The van der Waals surface area contributed by atoms with Crippen molar-refractivity contribution in [3.63, 3.8) is 0 Å². The maximum Gasteiger partial charge on any atom is 0.318 e. The number of aliphatic hydroxyl groups excluding tert-OH is 1. The number of carbonyl (C=O) groups excluding carboxylic acids is 2. The van der Waals surface area contributed by atoms with Crippen LogP contribution in [0.15, 0.2) is 18.2 Å². The molecule has 1 aromatic heterocycles. The van der Waals surface area contributed by atoms with E-state index in [1.807, 2.05) is 50.0 Å². The Kier molecular flexibility index (Phi) is 6.28. The summed E-state index contributed by atoms with van der Waals surface area (Å²) in [5.74, 6) is 0.837. The molecule has 1 fully saturated rings. The van der Waals surface area contributed by atoms with Crippen LogP contribution < -0.4 is 10.1 Å². The standard InChI is InChI=1S/C24H35N5O4/c1-6-9-25-23(32)29-15-24(13-28(14-24)20(31)11-26(2)3)21-17-8-7-16(33-5)10-18(17)27(4)22(21)19(29)12-30/h7-8,10,19,30H,6,9,11-15H2,1-5H3,(H,25,32)/t19-/m1/s1. The van der Waals surface area contributed by atoms with Crippen LogP contribution in [0.5, 0.6) is 5.75 Å². The zero-order valence-electron chi connectivity index (χ0n) is 20.2. The molecule has 9 heteroatoms. The molecule has 2 aromatic rings. The minimum absolute atomic E-state index is 0.0837. The second kappa shape index (κ2) is 8.87. The maximum atomic E-state index is 13.1. The quantitative estimate of drug-likeness (QED) is 0.683. The number of fused-ring (bicyclic) bond motifs is 4. The molecule has 0 bridgehead atoms. The Labute approximate surface area is 194 Å². The number of hydrogen-bond acceptors (Lipinski definition) is 5. The lowest BCUT2D eigenvalue weighted by Gasteiger charge is -2.56. The van der Waals surface area contributed by atoms with Gasteiger partial charge in [0.2, 0.25) is 5.91 Å². The van der Waals surface area contributed by atoms with Crippen LogP contribution in [0.1, 0.15) is 30.6 Å². The first kappa shape index (κ1) is 23.4. The summed E-state index contributed by atoms with van der Waals surface area (Å²) in [7, 11) is 7.38. The Hall–Kier alpha value is -2.78. The van der Waals surface area contributed by atoms with Crippen molar-refractivity contribution in [1.82, 2.24) is 24.6 Å². The highest BCUT2D eigenvalue weighted by Gasteiger charge is 2.55. The Balaban J connectivity index is 1.82. The first-order valence-corrected chi connectivity index (χ1v) is 11.5. The molecule has 33 heavy (non-hydrogen) atoms. The van der Waals surface area contributed by atoms with Gasteiger partial charge >= 0.3 is 6.03 Å². The largest absolute Gasteiger partial charge is 0.497 e. The number of rotatable bonds is 6. The van der Waals surface area contributed by atoms with Crippen molar-refractivity contribution in [3.05, 3.63) is 29.5 Å². The molecule has 3 amide bonds. The average Bonchev–Trinajstić information content (AvgIpc) is 3.06. The lowest BCUT2D eigenvalue weighted by Crippen LogP contribution is -2.69. The van der Waals surface area contributed by atoms with E-state index in [2.05, 4.69) is 16.0 Å². The van der Waals surface area contributed by atoms with E-state index >= 15 is 0 Å². The van der Waals surface area contributed by atoms with Gasteiger partial charge < -0.3 is 34.4 Å². The smallest absolute Gasteiger partial charge is 0.318 e. The lowest BCUT2D eigenvalue weighted by atomic mass is 9.68. The van der Waals surface area contributed by atoms with E-state index in [0.717, 1.165) is 34.3 Å². The molecule has 1 saturated heterocycles. The van der Waals surface area contributed by atoms with Crippen LogP contribution in [0.4, 0.5) is 4.79 Å². The fourth-order valence-corrected chi connectivity index (χ4v) is 5.39. The Morgan fingerprint density at radius 2 is 2.00 bits per heavy atom. The monoisotopic (exact) mass is 457 g/mol. The molecule has 1 atom stereocenters. The summed E-state index contributed by atoms with van der Waals surface area (Å²) < 4.78 is 7.52. The third kappa shape index (κ3) is 3.83. The fraction of sp³-hybridized carbons (Fsp3) is 0.583. The molecule has 0 aliphatic carbocycles. The zero-order chi connectivity index (χ0) is 23.9. The topological polar surface area (TPSA) is 90.3 Å². The van der Waals surface area contributed by atoms with Crippen molar-refractivity contribution in [2.75, 3.05) is 60.5 Å². The Bertz CT molecular complexity index is 1060. The van der Waals surface area contributed by atoms with Gasteiger partial charge in [-0.15, -0.1) is 0 Å². The van der Waals surface area contributed by atoms with Crippen LogP contribution in [0, 0.1) is 0 Å². The number of nitrogens with zero attached hydrogens (tertiary/aromatic N) is 4. The molecule has 0 saturated carbocycles. The van der Waals surface area contributed by atoms with E-state index in [1.54, 1.807) is 12.0 Å². The summed E-state index contributed by atoms with van der Waals surface area (Å²) in [6.45, 7) is 4.33. The number of aryl methyl sites for hydroxylation is 1. The van der Waals surface area contributed by atoms with Crippen LogP contribution in [0.2, 0.25) is 0 Å². The SMILES string of the molecule is CCCNC(=O)N1CC2(CN(C(=O)CN(C)C)C2)c2c(n(C)c3cc(OC)ccc23)[C@H]1CO. The van der Waals surface area contributed by atoms with Crippen LogP contribution in [0.25, 0.3) is 10.9 Å². The molecule has 0 unspecified atom stereocenters. The van der Waals surface area contributed by atoms with Gasteiger partial charge in [-0.1, -0.05) is 6.92 Å². The zero-order valence-corrected chi connectivity index (χ0v) is 20.2. The molecular formula is C24H35N5O4. The van der Waals surface area contributed by atoms with Gasteiger partial charge in [0.1, 0.15) is 5.75 Å². The third-order valence-electron chi connectivity index (χ3n) is 6.90. The molecule has 1 aromatic carbocycles. The predicted molar refractivity (Wildman–Crippen MR) is 127 cm³/mol. The number of carbonyl (C=O) groups is 2. The molecule has 2 N–H and O–H groups in total. The normalized spacial score (nSPS) is 19.1. The number of urea groups is 1. The summed E-state index contributed by atoms with van der Waals surface area (Å²) in [6.07, 6.45) is 0.834. The number of likely N-dealkylation sites (N-methyl/N-ethyl adjacent to an activating group) is 1. The Morgan fingerprint density at radius 3 is 2.61 bits per heavy atom. The molecule has 2 aliphatic rings. The molecule has 3 heterocycles. The fourth-order valence-electron chi connectivity index (χ4n) is 5.39. The molecule has 4 rings (SSSR count). The third-order valence-corrected chi connectivity index (χ3v) is 6.90. The van der Waals surface area contributed by atoms with Crippen LogP contribution in [-0.2, 0) is 17.3 Å². The summed E-state index contributed by atoms with van der Waals surface area (Å²) in [4.78, 5) is 31.4. The number of aromatic nitrogens is 1. The van der Waals surface area contributed by atoms with Gasteiger partial charge in [-0.2, -0.15) is 0 Å². The summed E-state index contributed by atoms with van der Waals surface area (Å²) in [5, 5.41) is 14.5. The summed E-state index contributed by atoms with van der Waals surface area (Å²) in [6, 6.07) is 5.35. The number of amides is 3. The van der Waals surface area contributed by atoms with Crippen LogP contribution >= 0.6 is 0 Å². The van der Waals surface area contributed by atoms with Crippen molar-refractivity contribution in [2.24, 2.45) is 7.05 Å². The molecule has 9 nitrogen and oxygen atoms in total. The summed E-state index contributed by atoms with van der Waals surface area (Å²) in [5.41, 5.74) is 2.68. The average molecular weight is 458 g/mol. The highest BCUT2D eigenvalue weighted by atomic mass is 16.5. The van der Waals surface area contributed by atoms with E-state index < -0.39 is 6.04 Å². The predicted octanol–water partition coefficient (Wildman–Crippen LogP) is 1.30. The van der Waals surface area contributed by atoms with Gasteiger partial charge in [0, 0.05) is 50.4 Å². The van der Waals surface area contributed by atoms with E-state index in [-0.39, 0.29) is 24.0 Å². The number of aliphatic hydroxyl groups is 1. The van der Waals surface area contributed by atoms with E-state index in [1.165, 1.54) is 0 Å². The highest BCUT2D eigenvalue weighted by molar-refractivity contribution is 5.90. The minimum Gasteiger partial charge on any atom is -0.497 e. The van der Waals surface area contributed by atoms with Gasteiger partial charge in [0.15, 0.2) is 0 Å². The van der Waals surface area contributed by atoms with Crippen LogP contribution in [-0.4, -0.2) is 96.8 Å². The van der Waals surface area contributed by atoms with Gasteiger partial charge in [-0.05, 0) is 38.2 Å². The van der Waals surface area contributed by atoms with Crippen molar-refractivity contribution in [1.29, 1.82) is 0 Å². The van der Waals surface area contributed by atoms with Crippen molar-refractivity contribution >= 4 is 22.8 Å². The number of likely N-dealkylation sites (tertiary alicyclic amines) is 1. The highest BCUT2D eigenvalue weighted by Crippen LogP contribution is 2.49. The molecule has 0 radical (unpaired) electrons. The first-order chi connectivity index (χ1) is 15.8. The number of nitrogens with one attached hydrogen (secondary N) is 1. The minimum atomic E-state index is -0.461. The Morgan fingerprint density at radius 1 is 1.27 bits per heavy atom. The van der Waals surface area contributed by atoms with Gasteiger partial charge in [0.05, 0.1) is 37.2 Å². The molecule has 1 spiro atoms. The molecule has 2 aliphatic heterocycles. The molecule has 180 valence electrons. The van der Waals surface area contributed by atoms with Crippen molar-refractivity contribution < 1.29 is 19.4 Å². The van der Waals surface area contributed by atoms with Gasteiger partial charge in [-0.3, -0.25) is 4.79 Å². The van der Waals surface area contributed by atoms with E-state index in [4.69, 9.17) is 4.74 Å². The number of hydrogen-bond donors (Lipinski definition) is 2. The number of methoxy groups -OCH3 is 1. The lowest BCUT2D eigenvalue weighted by molar-refractivity contribution is -0.140. The van der Waals surface area contributed by atoms with Gasteiger partial charge in [-0.25, -0.2) is 4.79 Å². The van der Waals surface area contributed by atoms with Crippen LogP contribution in [0.3, 0.4) is 0 Å². The van der Waals surface area contributed by atoms with Crippen molar-refractivity contribution in [3.8, 4) is 5.75 Å².